The lowest BCUT2D eigenvalue weighted by atomic mass is 10.1. The molecule has 2 heterocycles. The maximum absolute atomic E-state index is 12.3. The van der Waals surface area contributed by atoms with Crippen molar-refractivity contribution in [3.05, 3.63) is 56.3 Å². The van der Waals surface area contributed by atoms with Gasteiger partial charge in [0.2, 0.25) is 0 Å². The Kier molecular flexibility index (Phi) is 6.70. The highest BCUT2D eigenvalue weighted by atomic mass is 35.5. The lowest BCUT2D eigenvalue weighted by Gasteiger charge is -2.09. The van der Waals surface area contributed by atoms with Gasteiger partial charge in [0.1, 0.15) is 6.54 Å². The van der Waals surface area contributed by atoms with Crippen LogP contribution in [0.25, 0.3) is 0 Å². The summed E-state index contributed by atoms with van der Waals surface area (Å²) in [6.07, 6.45) is 0.543. The molecular weight excluding hydrogens is 432 g/mol. The van der Waals surface area contributed by atoms with Gasteiger partial charge in [0, 0.05) is 6.54 Å². The number of benzene rings is 1. The Balaban J connectivity index is 1.58. The van der Waals surface area contributed by atoms with E-state index < -0.39 is 16.6 Å². The number of nitrogens with zero attached hydrogens (tertiary/aromatic N) is 5. The van der Waals surface area contributed by atoms with Gasteiger partial charge in [0.05, 0.1) is 25.0 Å². The molecule has 0 aliphatic carbocycles. The maximum Gasteiger partial charge on any atom is 0.408 e. The van der Waals surface area contributed by atoms with Crippen molar-refractivity contribution < 1.29 is 23.7 Å². The van der Waals surface area contributed by atoms with Gasteiger partial charge in [-0.3, -0.25) is 4.79 Å². The van der Waals surface area contributed by atoms with Gasteiger partial charge in [-0.25, -0.2) is 0 Å². The summed E-state index contributed by atoms with van der Waals surface area (Å²) >= 11 is 5.91. The van der Waals surface area contributed by atoms with Crippen molar-refractivity contribution in [3.8, 4) is 11.5 Å². The van der Waals surface area contributed by atoms with Crippen LogP contribution in [0.15, 0.2) is 22.7 Å². The Labute approximate surface area is 181 Å². The zero-order chi connectivity index (χ0) is 22.5. The van der Waals surface area contributed by atoms with Gasteiger partial charge in [-0.1, -0.05) is 22.8 Å². The summed E-state index contributed by atoms with van der Waals surface area (Å²) in [7, 11) is 3.10. The Hall–Kier alpha value is -3.67. The molecule has 1 amide bonds. The van der Waals surface area contributed by atoms with E-state index in [-0.39, 0.29) is 23.3 Å². The molecule has 164 valence electrons. The average Bonchev–Trinajstić information content (AvgIpc) is 3.34. The van der Waals surface area contributed by atoms with Gasteiger partial charge < -0.3 is 29.4 Å². The van der Waals surface area contributed by atoms with Crippen molar-refractivity contribution in [2.45, 2.75) is 19.9 Å². The Morgan fingerprint density at radius 3 is 2.71 bits per heavy atom. The van der Waals surface area contributed by atoms with Gasteiger partial charge in [-0.15, -0.1) is 0 Å². The molecule has 0 aliphatic heterocycles. The number of halogens is 1. The lowest BCUT2D eigenvalue weighted by molar-refractivity contribution is -0.389. The third-order valence-electron chi connectivity index (χ3n) is 4.39. The molecule has 0 atom stereocenters. The number of ether oxygens (including phenoxy) is 2. The number of rotatable bonds is 9. The minimum absolute atomic E-state index is 0.0399. The summed E-state index contributed by atoms with van der Waals surface area (Å²) in [5.41, 5.74) is 1.32. The number of hydrogen-bond donors (Lipinski definition) is 1. The highest BCUT2D eigenvalue weighted by molar-refractivity contribution is 6.33. The zero-order valence-corrected chi connectivity index (χ0v) is 17.7. The molecule has 0 aliphatic rings. The number of nitro groups is 1. The van der Waals surface area contributed by atoms with E-state index in [1.807, 2.05) is 12.1 Å². The van der Waals surface area contributed by atoms with Crippen molar-refractivity contribution in [1.29, 1.82) is 0 Å². The third kappa shape index (κ3) is 4.91. The van der Waals surface area contributed by atoms with E-state index in [9.17, 15) is 14.9 Å². The van der Waals surface area contributed by atoms with Crippen LogP contribution in [0.5, 0.6) is 11.5 Å². The minimum atomic E-state index is -0.681. The Morgan fingerprint density at radius 1 is 1.32 bits per heavy atom. The van der Waals surface area contributed by atoms with E-state index in [2.05, 4.69) is 20.6 Å². The number of hydrogen-bond acceptors (Lipinski definition) is 9. The molecule has 2 aromatic heterocycles. The standard InChI is InChI=1S/C18H19ClN6O6/c1-10-15(19)16(25(27)28)22-24(10)9-14-21-18(31-23-14)17(26)20-7-6-11-4-5-12(29-2)13(8-11)30-3/h4-5,8H,6-7,9H2,1-3H3,(H,20,26). The molecule has 13 heteroatoms. The first kappa shape index (κ1) is 22.0. The number of methoxy groups -OCH3 is 2. The molecule has 0 spiro atoms. The van der Waals surface area contributed by atoms with E-state index in [1.165, 1.54) is 4.68 Å². The van der Waals surface area contributed by atoms with Gasteiger partial charge in [-0.05, 0) is 36.0 Å². The van der Waals surface area contributed by atoms with Crippen LogP contribution in [0.1, 0.15) is 27.8 Å². The fourth-order valence-electron chi connectivity index (χ4n) is 2.76. The number of amides is 1. The maximum atomic E-state index is 12.3. The fourth-order valence-corrected chi connectivity index (χ4v) is 2.96. The van der Waals surface area contributed by atoms with Crippen LogP contribution in [0, 0.1) is 17.0 Å². The molecule has 3 rings (SSSR count). The van der Waals surface area contributed by atoms with Crippen molar-refractivity contribution >= 4 is 23.3 Å². The second-order valence-electron chi connectivity index (χ2n) is 6.35. The Bertz CT molecular complexity index is 1110. The molecule has 12 nitrogen and oxygen atoms in total. The van der Waals surface area contributed by atoms with Crippen LogP contribution in [-0.2, 0) is 13.0 Å². The molecule has 0 radical (unpaired) electrons. The summed E-state index contributed by atoms with van der Waals surface area (Å²) in [4.78, 5) is 26.5. The number of carbonyl (C=O) groups is 1. The van der Waals surface area contributed by atoms with Crippen LogP contribution < -0.4 is 14.8 Å². The smallest absolute Gasteiger partial charge is 0.408 e. The van der Waals surface area contributed by atoms with E-state index in [0.29, 0.717) is 30.2 Å². The predicted octanol–water partition coefficient (Wildman–Crippen LogP) is 2.17. The van der Waals surface area contributed by atoms with Crippen LogP contribution >= 0.6 is 11.6 Å². The van der Waals surface area contributed by atoms with Gasteiger partial charge in [0.15, 0.2) is 22.3 Å². The largest absolute Gasteiger partial charge is 0.493 e. The average molecular weight is 451 g/mol. The molecule has 1 N–H and O–H groups in total. The zero-order valence-electron chi connectivity index (χ0n) is 16.9. The molecule has 0 bridgehead atoms. The summed E-state index contributed by atoms with van der Waals surface area (Å²) < 4.78 is 16.7. The molecule has 0 unspecified atom stereocenters. The normalized spacial score (nSPS) is 10.7. The van der Waals surface area contributed by atoms with Crippen molar-refractivity contribution in [1.82, 2.24) is 25.2 Å². The van der Waals surface area contributed by atoms with Crippen molar-refractivity contribution in [3.63, 3.8) is 0 Å². The first-order valence-electron chi connectivity index (χ1n) is 9.03. The molecule has 0 saturated carbocycles. The SMILES string of the molecule is COc1ccc(CCNC(=O)c2nc(Cn3nc([N+](=O)[O-])c(Cl)c3C)no2)cc1OC. The lowest BCUT2D eigenvalue weighted by Crippen LogP contribution is -2.26. The molecule has 0 saturated heterocycles. The highest BCUT2D eigenvalue weighted by Crippen LogP contribution is 2.28. The Morgan fingerprint density at radius 2 is 2.06 bits per heavy atom. The van der Waals surface area contributed by atoms with Gasteiger partial charge in [0.25, 0.3) is 0 Å². The van der Waals surface area contributed by atoms with Crippen molar-refractivity contribution in [2.24, 2.45) is 0 Å². The number of carbonyl (C=O) groups excluding carboxylic acids is 1. The summed E-state index contributed by atoms with van der Waals surface area (Å²) in [6.45, 7) is 1.86. The molecule has 0 fully saturated rings. The second kappa shape index (κ2) is 9.43. The summed E-state index contributed by atoms with van der Waals surface area (Å²) in [5, 5.41) is 21.1. The highest BCUT2D eigenvalue weighted by Gasteiger charge is 2.25. The first-order valence-corrected chi connectivity index (χ1v) is 9.40. The first-order chi connectivity index (χ1) is 14.8. The van der Waals surface area contributed by atoms with E-state index in [1.54, 1.807) is 27.2 Å². The van der Waals surface area contributed by atoms with Crippen LogP contribution in [0.4, 0.5) is 5.82 Å². The van der Waals surface area contributed by atoms with Crippen LogP contribution in [0.2, 0.25) is 5.02 Å². The topological polar surface area (TPSA) is 147 Å². The third-order valence-corrected chi connectivity index (χ3v) is 4.83. The van der Waals surface area contributed by atoms with Gasteiger partial charge >= 0.3 is 17.6 Å². The van der Waals surface area contributed by atoms with E-state index in [0.717, 1.165) is 5.56 Å². The quantitative estimate of drug-likeness (QED) is 0.382. The molecule has 3 aromatic rings. The van der Waals surface area contributed by atoms with Gasteiger partial charge in [-0.2, -0.15) is 9.67 Å². The summed E-state index contributed by atoms with van der Waals surface area (Å²) in [6, 6.07) is 5.48. The van der Waals surface area contributed by atoms with Crippen LogP contribution in [-0.4, -0.2) is 51.5 Å². The molecule has 1 aromatic carbocycles. The summed E-state index contributed by atoms with van der Waals surface area (Å²) in [5.74, 6) is 0.112. The molecule has 31 heavy (non-hydrogen) atoms. The van der Waals surface area contributed by atoms with Crippen molar-refractivity contribution in [2.75, 3.05) is 20.8 Å². The fraction of sp³-hybridized carbons (Fsp3) is 0.333. The number of nitrogens with one attached hydrogen (secondary N) is 1. The predicted molar refractivity (Wildman–Crippen MR) is 108 cm³/mol. The van der Waals surface area contributed by atoms with Crippen LogP contribution in [0.3, 0.4) is 0 Å². The van der Waals surface area contributed by atoms with E-state index in [4.69, 9.17) is 25.6 Å². The molecular formula is C18H19ClN6O6. The van der Waals surface area contributed by atoms with E-state index >= 15 is 0 Å². The minimum Gasteiger partial charge on any atom is -0.493 e. The monoisotopic (exact) mass is 450 g/mol. The number of aromatic nitrogens is 4. The second-order valence-corrected chi connectivity index (χ2v) is 6.73.